The van der Waals surface area contributed by atoms with E-state index in [2.05, 4.69) is 27.4 Å². The Morgan fingerprint density at radius 1 is 1.37 bits per heavy atom. The van der Waals surface area contributed by atoms with Gasteiger partial charge in [0.1, 0.15) is 0 Å². The summed E-state index contributed by atoms with van der Waals surface area (Å²) in [5.41, 5.74) is 7.94. The van der Waals surface area contributed by atoms with Crippen LogP contribution in [0.5, 0.6) is 0 Å². The molecule has 0 bridgehead atoms. The quantitative estimate of drug-likeness (QED) is 0.567. The summed E-state index contributed by atoms with van der Waals surface area (Å²) < 4.78 is 0. The first-order valence-corrected chi connectivity index (χ1v) is 6.42. The van der Waals surface area contributed by atoms with Gasteiger partial charge in [-0.2, -0.15) is 0 Å². The maximum absolute atomic E-state index is 11.7. The van der Waals surface area contributed by atoms with Gasteiger partial charge in [0, 0.05) is 6.04 Å². The molecule has 4 N–H and O–H groups in total. The lowest BCUT2D eigenvalue weighted by atomic mass is 10.0. The number of hydrogen-bond acceptors (Lipinski definition) is 4. The maximum atomic E-state index is 11.7. The largest absolute Gasteiger partial charge is 0.397 e. The first kappa shape index (κ1) is 11.8. The predicted molar refractivity (Wildman–Crippen MR) is 77.2 cm³/mol. The van der Waals surface area contributed by atoms with Crippen molar-refractivity contribution in [3.8, 4) is 0 Å². The smallest absolute Gasteiger partial charge is 0.258 e. The molecule has 1 aliphatic carbocycles. The number of aromatic amines is 1. The van der Waals surface area contributed by atoms with Crippen molar-refractivity contribution in [2.45, 2.75) is 25.3 Å². The van der Waals surface area contributed by atoms with E-state index in [9.17, 15) is 4.79 Å². The number of nitrogens with two attached hydrogens (primary N) is 1. The third-order valence-corrected chi connectivity index (χ3v) is 3.44. The van der Waals surface area contributed by atoms with Crippen LogP contribution in [0.25, 0.3) is 10.9 Å². The SMILES string of the molecule is Nc1cc2c(=O)[nH]cnc2cc1NC1CC=CCC1. The molecule has 0 amide bonds. The number of aromatic nitrogens is 2. The molecule has 0 fully saturated rings. The van der Waals surface area contributed by atoms with Crippen LogP contribution >= 0.6 is 0 Å². The molecule has 1 aromatic heterocycles. The summed E-state index contributed by atoms with van der Waals surface area (Å²) in [4.78, 5) is 18.4. The van der Waals surface area contributed by atoms with Crippen LogP contribution in [0.4, 0.5) is 11.4 Å². The fourth-order valence-electron chi connectivity index (χ4n) is 2.40. The van der Waals surface area contributed by atoms with Gasteiger partial charge in [-0.3, -0.25) is 4.79 Å². The highest BCUT2D eigenvalue weighted by Gasteiger charge is 2.12. The number of hydrogen-bond donors (Lipinski definition) is 3. The Morgan fingerprint density at radius 3 is 3.05 bits per heavy atom. The molecule has 5 nitrogen and oxygen atoms in total. The van der Waals surface area contributed by atoms with Gasteiger partial charge in [0.15, 0.2) is 0 Å². The Labute approximate surface area is 110 Å². The van der Waals surface area contributed by atoms with Crippen molar-refractivity contribution in [1.82, 2.24) is 9.97 Å². The van der Waals surface area contributed by atoms with E-state index in [1.165, 1.54) is 6.33 Å². The van der Waals surface area contributed by atoms with Crippen molar-refractivity contribution in [2.75, 3.05) is 11.1 Å². The molecular formula is C14H16N4O. The Bertz CT molecular complexity index is 689. The molecule has 98 valence electrons. The summed E-state index contributed by atoms with van der Waals surface area (Å²) in [6.07, 6.45) is 8.97. The number of allylic oxidation sites excluding steroid dienone is 1. The van der Waals surface area contributed by atoms with Gasteiger partial charge in [0.2, 0.25) is 0 Å². The maximum Gasteiger partial charge on any atom is 0.258 e. The molecule has 1 aliphatic rings. The first-order valence-electron chi connectivity index (χ1n) is 6.42. The topological polar surface area (TPSA) is 83.8 Å². The lowest BCUT2D eigenvalue weighted by molar-refractivity contribution is 0.645. The van der Waals surface area contributed by atoms with Crippen molar-refractivity contribution in [3.05, 3.63) is 41.0 Å². The molecule has 2 aromatic rings. The fraction of sp³-hybridized carbons (Fsp3) is 0.286. The molecule has 1 atom stereocenters. The normalized spacial score (nSPS) is 18.6. The summed E-state index contributed by atoms with van der Waals surface area (Å²) in [5.74, 6) is 0. The van der Waals surface area contributed by atoms with Crippen LogP contribution in [0, 0.1) is 0 Å². The first-order chi connectivity index (χ1) is 9.24. The summed E-state index contributed by atoms with van der Waals surface area (Å²) in [7, 11) is 0. The van der Waals surface area contributed by atoms with E-state index in [1.807, 2.05) is 6.07 Å². The van der Waals surface area contributed by atoms with E-state index in [0.717, 1.165) is 24.9 Å². The molecule has 0 spiro atoms. The second-order valence-electron chi connectivity index (χ2n) is 4.81. The third-order valence-electron chi connectivity index (χ3n) is 3.44. The van der Waals surface area contributed by atoms with Crippen LogP contribution in [-0.4, -0.2) is 16.0 Å². The number of nitrogens with zero attached hydrogens (tertiary/aromatic N) is 1. The molecule has 1 aromatic carbocycles. The Kier molecular flexibility index (Phi) is 2.95. The van der Waals surface area contributed by atoms with Gasteiger partial charge in [-0.05, 0) is 31.4 Å². The predicted octanol–water partition coefficient (Wildman–Crippen LogP) is 2.03. The van der Waals surface area contributed by atoms with Crippen molar-refractivity contribution in [3.63, 3.8) is 0 Å². The van der Waals surface area contributed by atoms with Crippen LogP contribution in [0.2, 0.25) is 0 Å². The van der Waals surface area contributed by atoms with Crippen molar-refractivity contribution in [2.24, 2.45) is 0 Å². The van der Waals surface area contributed by atoms with E-state index in [0.29, 0.717) is 22.6 Å². The van der Waals surface area contributed by atoms with Crippen LogP contribution < -0.4 is 16.6 Å². The van der Waals surface area contributed by atoms with Gasteiger partial charge < -0.3 is 16.0 Å². The molecule has 5 heteroatoms. The monoisotopic (exact) mass is 256 g/mol. The number of anilines is 2. The Morgan fingerprint density at radius 2 is 2.26 bits per heavy atom. The fourth-order valence-corrected chi connectivity index (χ4v) is 2.40. The average Bonchev–Trinajstić information content (AvgIpc) is 2.42. The second-order valence-corrected chi connectivity index (χ2v) is 4.81. The Balaban J connectivity index is 1.97. The molecule has 3 rings (SSSR count). The van der Waals surface area contributed by atoms with Crippen molar-refractivity contribution < 1.29 is 0 Å². The molecule has 19 heavy (non-hydrogen) atoms. The molecule has 1 unspecified atom stereocenters. The summed E-state index contributed by atoms with van der Waals surface area (Å²) in [6.45, 7) is 0. The van der Waals surface area contributed by atoms with E-state index in [1.54, 1.807) is 6.07 Å². The average molecular weight is 256 g/mol. The van der Waals surface area contributed by atoms with E-state index in [4.69, 9.17) is 5.73 Å². The minimum atomic E-state index is -0.163. The van der Waals surface area contributed by atoms with Crippen LogP contribution in [0.3, 0.4) is 0 Å². The number of H-pyrrole nitrogens is 1. The standard InChI is InChI=1S/C14H16N4O/c15-11-6-10-12(16-8-17-14(10)19)7-13(11)18-9-4-2-1-3-5-9/h1-2,6-9,18H,3-5,15H2,(H,16,17,19). The van der Waals surface area contributed by atoms with Gasteiger partial charge in [-0.15, -0.1) is 0 Å². The van der Waals surface area contributed by atoms with E-state index < -0.39 is 0 Å². The summed E-state index contributed by atoms with van der Waals surface area (Å²) >= 11 is 0. The van der Waals surface area contributed by atoms with Crippen molar-refractivity contribution in [1.29, 1.82) is 0 Å². The molecule has 0 radical (unpaired) electrons. The molecular weight excluding hydrogens is 240 g/mol. The van der Waals surface area contributed by atoms with Gasteiger partial charge in [-0.1, -0.05) is 12.2 Å². The summed E-state index contributed by atoms with van der Waals surface area (Å²) in [5, 5.41) is 3.95. The highest BCUT2D eigenvalue weighted by atomic mass is 16.1. The lowest BCUT2D eigenvalue weighted by Crippen LogP contribution is -2.21. The van der Waals surface area contributed by atoms with Crippen LogP contribution in [-0.2, 0) is 0 Å². The van der Waals surface area contributed by atoms with Crippen LogP contribution in [0.15, 0.2) is 35.4 Å². The minimum Gasteiger partial charge on any atom is -0.397 e. The van der Waals surface area contributed by atoms with Crippen molar-refractivity contribution >= 4 is 22.3 Å². The third kappa shape index (κ3) is 2.31. The number of benzene rings is 1. The molecule has 0 saturated carbocycles. The number of rotatable bonds is 2. The van der Waals surface area contributed by atoms with Gasteiger partial charge in [-0.25, -0.2) is 4.98 Å². The number of fused-ring (bicyclic) bond motifs is 1. The Hall–Kier alpha value is -2.30. The van der Waals surface area contributed by atoms with Gasteiger partial charge in [0.05, 0.1) is 28.6 Å². The summed E-state index contributed by atoms with van der Waals surface area (Å²) in [6, 6.07) is 3.92. The van der Waals surface area contributed by atoms with Gasteiger partial charge in [0.25, 0.3) is 5.56 Å². The minimum absolute atomic E-state index is 0.163. The van der Waals surface area contributed by atoms with Crippen LogP contribution in [0.1, 0.15) is 19.3 Å². The zero-order valence-electron chi connectivity index (χ0n) is 10.5. The highest BCUT2D eigenvalue weighted by Crippen LogP contribution is 2.25. The second kappa shape index (κ2) is 4.76. The lowest BCUT2D eigenvalue weighted by Gasteiger charge is -2.21. The molecule has 1 heterocycles. The highest BCUT2D eigenvalue weighted by molar-refractivity contribution is 5.88. The van der Waals surface area contributed by atoms with E-state index in [-0.39, 0.29) is 5.56 Å². The molecule has 0 aliphatic heterocycles. The zero-order valence-corrected chi connectivity index (χ0v) is 10.5. The van der Waals surface area contributed by atoms with E-state index >= 15 is 0 Å². The molecule has 0 saturated heterocycles. The number of nitrogen functional groups attached to an aromatic ring is 1. The number of nitrogens with one attached hydrogen (secondary N) is 2. The van der Waals surface area contributed by atoms with Gasteiger partial charge >= 0.3 is 0 Å². The zero-order chi connectivity index (χ0) is 13.2.